The summed E-state index contributed by atoms with van der Waals surface area (Å²) in [7, 11) is 0. The van der Waals surface area contributed by atoms with Gasteiger partial charge in [-0.05, 0) is 47.1 Å². The number of aromatic nitrogens is 1. The van der Waals surface area contributed by atoms with Crippen molar-refractivity contribution in [1.29, 1.82) is 0 Å². The third kappa shape index (κ3) is 3.54. The molecule has 1 aromatic rings. The normalized spacial score (nSPS) is 20.8. The second-order valence-corrected chi connectivity index (χ2v) is 6.75. The first-order valence-corrected chi connectivity index (χ1v) is 7.78. The fourth-order valence-corrected chi connectivity index (χ4v) is 3.41. The van der Waals surface area contributed by atoms with Crippen molar-refractivity contribution in [3.63, 3.8) is 0 Å². The van der Waals surface area contributed by atoms with Crippen LogP contribution in [0.4, 0.5) is 0 Å². The van der Waals surface area contributed by atoms with E-state index in [9.17, 15) is 4.79 Å². The Bertz CT molecular complexity index is 456. The van der Waals surface area contributed by atoms with Crippen molar-refractivity contribution in [1.82, 2.24) is 15.2 Å². The molecule has 2 heterocycles. The quantitative estimate of drug-likeness (QED) is 0.925. The zero-order valence-corrected chi connectivity index (χ0v) is 13.0. The monoisotopic (exact) mass is 281 g/mol. The highest BCUT2D eigenvalue weighted by Gasteiger charge is 2.24. The average molecular weight is 281 g/mol. The Morgan fingerprint density at radius 2 is 2.21 bits per heavy atom. The van der Waals surface area contributed by atoms with Crippen LogP contribution in [0.3, 0.4) is 0 Å². The topological polar surface area (TPSA) is 45.2 Å². The second kappa shape index (κ2) is 6.01. The highest BCUT2D eigenvalue weighted by molar-refractivity contribution is 7.13. The summed E-state index contributed by atoms with van der Waals surface area (Å²) in [5, 5.41) is 4.12. The summed E-state index contributed by atoms with van der Waals surface area (Å²) in [6, 6.07) is 0.817. The molecule has 0 aliphatic carbocycles. The SMILES string of the molecule is Cc1nc(C)c(C(=O)N[C@@H]2CCCN(C(C)C)C2)s1. The molecular weight excluding hydrogens is 258 g/mol. The molecule has 4 nitrogen and oxygen atoms in total. The summed E-state index contributed by atoms with van der Waals surface area (Å²) >= 11 is 1.48. The maximum atomic E-state index is 12.3. The van der Waals surface area contributed by atoms with Crippen LogP contribution in [0.25, 0.3) is 0 Å². The molecule has 1 saturated heterocycles. The van der Waals surface area contributed by atoms with Gasteiger partial charge in [-0.3, -0.25) is 9.69 Å². The van der Waals surface area contributed by atoms with Crippen LogP contribution >= 0.6 is 11.3 Å². The number of nitrogens with one attached hydrogen (secondary N) is 1. The first kappa shape index (κ1) is 14.5. The van der Waals surface area contributed by atoms with E-state index in [0.29, 0.717) is 6.04 Å². The number of rotatable bonds is 3. The summed E-state index contributed by atoms with van der Waals surface area (Å²) in [5.41, 5.74) is 0.844. The summed E-state index contributed by atoms with van der Waals surface area (Å²) in [5.74, 6) is 0.0405. The fourth-order valence-electron chi connectivity index (χ4n) is 2.59. The van der Waals surface area contributed by atoms with Crippen LogP contribution in [0.5, 0.6) is 0 Å². The van der Waals surface area contributed by atoms with Gasteiger partial charge in [0.25, 0.3) is 5.91 Å². The van der Waals surface area contributed by atoms with Crippen molar-refractivity contribution in [2.75, 3.05) is 13.1 Å². The van der Waals surface area contributed by atoms with Crippen LogP contribution in [-0.2, 0) is 0 Å². The molecule has 1 atom stereocenters. The van der Waals surface area contributed by atoms with E-state index in [2.05, 4.69) is 29.0 Å². The summed E-state index contributed by atoms with van der Waals surface area (Å²) < 4.78 is 0. The largest absolute Gasteiger partial charge is 0.347 e. The van der Waals surface area contributed by atoms with E-state index in [4.69, 9.17) is 0 Å². The highest BCUT2D eigenvalue weighted by Crippen LogP contribution is 2.18. The van der Waals surface area contributed by atoms with Gasteiger partial charge < -0.3 is 5.32 Å². The molecule has 1 aromatic heterocycles. The molecular formula is C14H23N3OS. The van der Waals surface area contributed by atoms with Gasteiger partial charge in [-0.1, -0.05) is 0 Å². The van der Waals surface area contributed by atoms with Gasteiger partial charge >= 0.3 is 0 Å². The Balaban J connectivity index is 1.97. The third-order valence-corrected chi connectivity index (χ3v) is 4.70. The molecule has 1 amide bonds. The Kier molecular flexibility index (Phi) is 4.58. The number of likely N-dealkylation sites (tertiary alicyclic amines) is 1. The summed E-state index contributed by atoms with van der Waals surface area (Å²) in [4.78, 5) is 19.8. The van der Waals surface area contributed by atoms with Gasteiger partial charge in [-0.15, -0.1) is 11.3 Å². The van der Waals surface area contributed by atoms with E-state index >= 15 is 0 Å². The van der Waals surface area contributed by atoms with E-state index in [1.807, 2.05) is 13.8 Å². The third-order valence-electron chi connectivity index (χ3n) is 3.63. The Labute approximate surface area is 119 Å². The van der Waals surface area contributed by atoms with E-state index < -0.39 is 0 Å². The van der Waals surface area contributed by atoms with Gasteiger partial charge in [0.05, 0.1) is 10.7 Å². The van der Waals surface area contributed by atoms with E-state index in [1.165, 1.54) is 11.3 Å². The fraction of sp³-hybridized carbons (Fsp3) is 0.714. The first-order valence-electron chi connectivity index (χ1n) is 6.96. The van der Waals surface area contributed by atoms with Crippen molar-refractivity contribution in [2.45, 2.75) is 52.6 Å². The Morgan fingerprint density at radius 1 is 1.47 bits per heavy atom. The minimum Gasteiger partial charge on any atom is -0.347 e. The standard InChI is InChI=1S/C14H23N3OS/c1-9(2)17-7-5-6-12(8-17)16-14(18)13-10(3)15-11(4)19-13/h9,12H,5-8H2,1-4H3,(H,16,18)/t12-/m1/s1. The molecule has 2 rings (SSSR count). The second-order valence-electron chi connectivity index (χ2n) is 5.55. The summed E-state index contributed by atoms with van der Waals surface area (Å²) in [6.07, 6.45) is 2.23. The van der Waals surface area contributed by atoms with Gasteiger partial charge in [0, 0.05) is 18.6 Å². The molecule has 1 N–H and O–H groups in total. The Morgan fingerprint density at radius 3 is 2.79 bits per heavy atom. The number of carbonyl (C=O) groups excluding carboxylic acids is 1. The number of nitrogens with zero attached hydrogens (tertiary/aromatic N) is 2. The van der Waals surface area contributed by atoms with E-state index in [1.54, 1.807) is 0 Å². The lowest BCUT2D eigenvalue weighted by Gasteiger charge is -2.35. The maximum absolute atomic E-state index is 12.3. The smallest absolute Gasteiger partial charge is 0.263 e. The molecule has 0 saturated carbocycles. The highest BCUT2D eigenvalue weighted by atomic mass is 32.1. The van der Waals surface area contributed by atoms with Crippen LogP contribution in [0.2, 0.25) is 0 Å². The predicted molar refractivity (Wildman–Crippen MR) is 78.8 cm³/mol. The molecule has 19 heavy (non-hydrogen) atoms. The van der Waals surface area contributed by atoms with Crippen molar-refractivity contribution >= 4 is 17.2 Å². The van der Waals surface area contributed by atoms with Crippen molar-refractivity contribution < 1.29 is 4.79 Å². The van der Waals surface area contributed by atoms with Crippen LogP contribution in [-0.4, -0.2) is 41.0 Å². The maximum Gasteiger partial charge on any atom is 0.263 e. The molecule has 1 aliphatic rings. The lowest BCUT2D eigenvalue weighted by atomic mass is 10.0. The van der Waals surface area contributed by atoms with Crippen LogP contribution in [0.15, 0.2) is 0 Å². The molecule has 0 aromatic carbocycles. The molecule has 1 fully saturated rings. The van der Waals surface area contributed by atoms with E-state index in [-0.39, 0.29) is 11.9 Å². The number of amides is 1. The minimum atomic E-state index is 0.0405. The lowest BCUT2D eigenvalue weighted by molar-refractivity contribution is 0.0890. The number of piperidine rings is 1. The van der Waals surface area contributed by atoms with Crippen LogP contribution in [0, 0.1) is 13.8 Å². The predicted octanol–water partition coefficient (Wildman–Crippen LogP) is 2.36. The van der Waals surface area contributed by atoms with Crippen LogP contribution < -0.4 is 5.32 Å². The molecule has 5 heteroatoms. The van der Waals surface area contributed by atoms with Gasteiger partial charge in [0.1, 0.15) is 4.88 Å². The van der Waals surface area contributed by atoms with Crippen LogP contribution in [0.1, 0.15) is 47.1 Å². The number of hydrogen-bond donors (Lipinski definition) is 1. The van der Waals surface area contributed by atoms with E-state index in [0.717, 1.165) is 41.5 Å². The lowest BCUT2D eigenvalue weighted by Crippen LogP contribution is -2.49. The molecule has 0 bridgehead atoms. The number of carbonyl (C=O) groups is 1. The number of hydrogen-bond acceptors (Lipinski definition) is 4. The van der Waals surface area contributed by atoms with Gasteiger partial charge in [0.2, 0.25) is 0 Å². The first-order chi connectivity index (χ1) is 8.97. The van der Waals surface area contributed by atoms with Crippen molar-refractivity contribution in [2.24, 2.45) is 0 Å². The number of aryl methyl sites for hydroxylation is 2. The zero-order valence-electron chi connectivity index (χ0n) is 12.2. The zero-order chi connectivity index (χ0) is 14.0. The summed E-state index contributed by atoms with van der Waals surface area (Å²) in [6.45, 7) is 10.4. The van der Waals surface area contributed by atoms with Crippen molar-refractivity contribution in [3.8, 4) is 0 Å². The minimum absolute atomic E-state index is 0.0405. The average Bonchev–Trinajstić information content (AvgIpc) is 2.69. The molecule has 0 spiro atoms. The molecule has 0 unspecified atom stereocenters. The Hall–Kier alpha value is -0.940. The van der Waals surface area contributed by atoms with Gasteiger partial charge in [-0.25, -0.2) is 4.98 Å². The number of thiazole rings is 1. The van der Waals surface area contributed by atoms with Gasteiger partial charge in [-0.2, -0.15) is 0 Å². The van der Waals surface area contributed by atoms with Gasteiger partial charge in [0.15, 0.2) is 0 Å². The molecule has 0 radical (unpaired) electrons. The van der Waals surface area contributed by atoms with Crippen molar-refractivity contribution in [3.05, 3.63) is 15.6 Å². The molecule has 106 valence electrons. The molecule has 1 aliphatic heterocycles.